The predicted molar refractivity (Wildman–Crippen MR) is 106 cm³/mol. The van der Waals surface area contributed by atoms with Gasteiger partial charge in [0.25, 0.3) is 0 Å². The van der Waals surface area contributed by atoms with Crippen molar-refractivity contribution in [1.29, 1.82) is 0 Å². The smallest absolute Gasteiger partial charge is 0.143 e. The molecule has 6 nitrogen and oxygen atoms in total. The fourth-order valence-corrected chi connectivity index (χ4v) is 4.53. The van der Waals surface area contributed by atoms with Crippen molar-refractivity contribution in [2.24, 2.45) is 0 Å². The molecule has 1 aromatic carbocycles. The van der Waals surface area contributed by atoms with Crippen LogP contribution in [0.3, 0.4) is 0 Å². The molecule has 2 unspecified atom stereocenters. The molecule has 1 fully saturated rings. The first kappa shape index (κ1) is 16.7. The summed E-state index contributed by atoms with van der Waals surface area (Å²) in [6.45, 7) is 4.06. The van der Waals surface area contributed by atoms with Crippen LogP contribution in [0, 0.1) is 6.92 Å². The van der Waals surface area contributed by atoms with Gasteiger partial charge in [0, 0.05) is 31.9 Å². The number of likely N-dealkylation sites (tertiary alicyclic amines) is 1. The number of hydrogen-bond donors (Lipinski definition) is 2. The maximum Gasteiger partial charge on any atom is 0.143 e. The molecule has 0 saturated carbocycles. The zero-order chi connectivity index (χ0) is 18.4. The maximum atomic E-state index is 5.50. The molecule has 0 radical (unpaired) electrons. The summed E-state index contributed by atoms with van der Waals surface area (Å²) in [7, 11) is 1.81. The van der Waals surface area contributed by atoms with Crippen molar-refractivity contribution in [2.45, 2.75) is 38.0 Å². The van der Waals surface area contributed by atoms with E-state index in [1.54, 1.807) is 13.4 Å². The molecule has 2 N–H and O–H groups in total. The molecule has 5 rings (SSSR count). The van der Waals surface area contributed by atoms with Crippen molar-refractivity contribution in [2.75, 3.05) is 25.5 Å². The Bertz CT molecular complexity index is 962. The standard InChI is InChI=1S/C21H25N5O/c1-13-9-17-20(24-13)22-12-23-21(17)25-19-16-6-4-3-5-14(16)7-8-18(19)26-10-15(11-26)27-2/h3-6,9,12,15,18-19H,7-8,10-11H2,1-2H3,(H2,22,23,24,25). The minimum absolute atomic E-state index is 0.209. The Kier molecular flexibility index (Phi) is 4.10. The van der Waals surface area contributed by atoms with Crippen LogP contribution in [0.25, 0.3) is 11.0 Å². The Balaban J connectivity index is 1.51. The Morgan fingerprint density at radius 1 is 1.22 bits per heavy atom. The van der Waals surface area contributed by atoms with Gasteiger partial charge in [0.2, 0.25) is 0 Å². The van der Waals surface area contributed by atoms with Crippen LogP contribution in [0.5, 0.6) is 0 Å². The SMILES string of the molecule is COC1CN(C2CCc3ccccc3C2Nc2ncnc3[nH]c(C)cc23)C1. The van der Waals surface area contributed by atoms with E-state index in [9.17, 15) is 0 Å². The largest absolute Gasteiger partial charge is 0.379 e. The second kappa shape index (κ2) is 6.62. The van der Waals surface area contributed by atoms with Crippen LogP contribution in [0.4, 0.5) is 5.82 Å². The lowest BCUT2D eigenvalue weighted by atomic mass is 9.82. The number of H-pyrrole nitrogens is 1. The second-order valence-corrected chi connectivity index (χ2v) is 7.68. The molecule has 1 aliphatic heterocycles. The fraction of sp³-hybridized carbons (Fsp3) is 0.429. The van der Waals surface area contributed by atoms with Crippen molar-refractivity contribution in [3.8, 4) is 0 Å². The van der Waals surface area contributed by atoms with Gasteiger partial charge in [-0.3, -0.25) is 4.90 Å². The molecule has 27 heavy (non-hydrogen) atoms. The van der Waals surface area contributed by atoms with Crippen molar-refractivity contribution >= 4 is 16.9 Å². The number of benzene rings is 1. The predicted octanol–water partition coefficient (Wildman–Crippen LogP) is 3.06. The summed E-state index contributed by atoms with van der Waals surface area (Å²) in [4.78, 5) is 14.8. The number of fused-ring (bicyclic) bond motifs is 2. The van der Waals surface area contributed by atoms with E-state index in [1.807, 2.05) is 0 Å². The van der Waals surface area contributed by atoms with Crippen LogP contribution in [-0.4, -0.2) is 52.2 Å². The topological polar surface area (TPSA) is 66.1 Å². The molecule has 3 heterocycles. The average Bonchev–Trinajstić information content (AvgIpc) is 3.03. The van der Waals surface area contributed by atoms with Gasteiger partial charge in [0.1, 0.15) is 17.8 Å². The van der Waals surface area contributed by atoms with Gasteiger partial charge >= 0.3 is 0 Å². The highest BCUT2D eigenvalue weighted by Gasteiger charge is 2.39. The summed E-state index contributed by atoms with van der Waals surface area (Å²) in [6.07, 6.45) is 4.26. The summed E-state index contributed by atoms with van der Waals surface area (Å²) < 4.78 is 5.50. The first-order valence-electron chi connectivity index (χ1n) is 9.64. The van der Waals surface area contributed by atoms with Gasteiger partial charge in [0.15, 0.2) is 0 Å². The normalized spacial score (nSPS) is 23.2. The molecule has 2 aliphatic rings. The third kappa shape index (κ3) is 2.89. The summed E-state index contributed by atoms with van der Waals surface area (Å²) in [6, 6.07) is 11.6. The third-order valence-electron chi connectivity index (χ3n) is 6.02. The van der Waals surface area contributed by atoms with Crippen LogP contribution in [0.2, 0.25) is 0 Å². The van der Waals surface area contributed by atoms with Gasteiger partial charge in [-0.15, -0.1) is 0 Å². The Morgan fingerprint density at radius 3 is 2.93 bits per heavy atom. The van der Waals surface area contributed by atoms with Crippen molar-refractivity contribution in [3.05, 3.63) is 53.5 Å². The number of methoxy groups -OCH3 is 1. The molecule has 2 atom stereocenters. The van der Waals surface area contributed by atoms with Crippen LogP contribution < -0.4 is 5.32 Å². The van der Waals surface area contributed by atoms with E-state index >= 15 is 0 Å². The molecular weight excluding hydrogens is 338 g/mol. The van der Waals surface area contributed by atoms with Crippen molar-refractivity contribution < 1.29 is 4.74 Å². The lowest BCUT2D eigenvalue weighted by molar-refractivity contribution is -0.0569. The zero-order valence-electron chi connectivity index (χ0n) is 15.8. The van der Waals surface area contributed by atoms with Gasteiger partial charge in [-0.25, -0.2) is 9.97 Å². The number of aromatic nitrogens is 3. The number of hydrogen-bond acceptors (Lipinski definition) is 5. The molecule has 3 aromatic rings. The van der Waals surface area contributed by atoms with E-state index in [2.05, 4.69) is 62.4 Å². The highest BCUT2D eigenvalue weighted by molar-refractivity contribution is 5.87. The molecule has 0 spiro atoms. The van der Waals surface area contributed by atoms with Gasteiger partial charge in [-0.05, 0) is 37.0 Å². The second-order valence-electron chi connectivity index (χ2n) is 7.68. The third-order valence-corrected chi connectivity index (χ3v) is 6.02. The number of anilines is 1. The van der Waals surface area contributed by atoms with E-state index in [-0.39, 0.29) is 6.04 Å². The van der Waals surface area contributed by atoms with Gasteiger partial charge in [-0.1, -0.05) is 24.3 Å². The van der Waals surface area contributed by atoms with Crippen LogP contribution >= 0.6 is 0 Å². The number of rotatable bonds is 4. The van der Waals surface area contributed by atoms with Crippen LogP contribution in [0.1, 0.15) is 29.3 Å². The summed E-state index contributed by atoms with van der Waals surface area (Å²) in [5, 5.41) is 4.82. The van der Waals surface area contributed by atoms with E-state index < -0.39 is 0 Å². The van der Waals surface area contributed by atoms with Crippen LogP contribution in [0.15, 0.2) is 36.7 Å². The fourth-order valence-electron chi connectivity index (χ4n) is 4.53. The Labute approximate surface area is 159 Å². The van der Waals surface area contributed by atoms with Crippen LogP contribution in [-0.2, 0) is 11.2 Å². The Morgan fingerprint density at radius 2 is 2.07 bits per heavy atom. The quantitative estimate of drug-likeness (QED) is 0.746. The average molecular weight is 363 g/mol. The molecule has 1 aliphatic carbocycles. The lowest BCUT2D eigenvalue weighted by Gasteiger charge is -2.48. The molecule has 0 amide bonds. The van der Waals surface area contributed by atoms with Gasteiger partial charge < -0.3 is 15.0 Å². The van der Waals surface area contributed by atoms with E-state index in [0.717, 1.165) is 48.5 Å². The maximum absolute atomic E-state index is 5.50. The molecule has 0 bridgehead atoms. The van der Waals surface area contributed by atoms with Gasteiger partial charge in [0.05, 0.1) is 17.5 Å². The number of ether oxygens (including phenoxy) is 1. The molecule has 6 heteroatoms. The van der Waals surface area contributed by atoms with E-state index in [4.69, 9.17) is 4.74 Å². The Hall–Kier alpha value is -2.44. The minimum Gasteiger partial charge on any atom is -0.379 e. The first-order chi connectivity index (χ1) is 13.2. The first-order valence-corrected chi connectivity index (χ1v) is 9.64. The van der Waals surface area contributed by atoms with Crippen molar-refractivity contribution in [1.82, 2.24) is 19.9 Å². The summed E-state index contributed by atoms with van der Waals surface area (Å²) >= 11 is 0. The molecule has 2 aromatic heterocycles. The summed E-state index contributed by atoms with van der Waals surface area (Å²) in [5.74, 6) is 0.903. The number of nitrogens with one attached hydrogen (secondary N) is 2. The van der Waals surface area contributed by atoms with Crippen molar-refractivity contribution in [3.63, 3.8) is 0 Å². The lowest BCUT2D eigenvalue weighted by Crippen LogP contribution is -2.59. The molecule has 1 saturated heterocycles. The highest BCUT2D eigenvalue weighted by atomic mass is 16.5. The zero-order valence-corrected chi connectivity index (χ0v) is 15.8. The number of nitrogens with zero attached hydrogens (tertiary/aromatic N) is 3. The van der Waals surface area contributed by atoms with Gasteiger partial charge in [-0.2, -0.15) is 0 Å². The number of aromatic amines is 1. The minimum atomic E-state index is 0.209. The highest BCUT2D eigenvalue weighted by Crippen LogP contribution is 2.38. The van der Waals surface area contributed by atoms with E-state index in [1.165, 1.54) is 11.1 Å². The molecular formula is C21H25N5O. The number of aryl methyl sites for hydroxylation is 2. The monoisotopic (exact) mass is 363 g/mol. The molecule has 140 valence electrons. The summed E-state index contributed by atoms with van der Waals surface area (Å²) in [5.41, 5.74) is 4.80. The van der Waals surface area contributed by atoms with E-state index in [0.29, 0.717) is 12.1 Å².